The molecule has 1 aromatic rings. The van der Waals surface area contributed by atoms with Crippen LogP contribution in [0, 0.1) is 17.6 Å². The topological polar surface area (TPSA) is 57.6 Å². The van der Waals surface area contributed by atoms with E-state index in [1.165, 1.54) is 17.0 Å². The van der Waals surface area contributed by atoms with Crippen molar-refractivity contribution in [1.82, 2.24) is 4.90 Å². The van der Waals surface area contributed by atoms with Gasteiger partial charge in [-0.25, -0.2) is 8.78 Å². The molecule has 0 spiro atoms. The Balaban J connectivity index is 2.09. The number of likely N-dealkylation sites (N-methyl/N-ethyl adjacent to an activating group) is 1. The molecule has 1 aliphatic carbocycles. The normalized spacial score (nSPS) is 20.6. The van der Waals surface area contributed by atoms with Crippen molar-refractivity contribution >= 4 is 11.9 Å². The van der Waals surface area contributed by atoms with E-state index in [9.17, 15) is 18.4 Å². The summed E-state index contributed by atoms with van der Waals surface area (Å²) < 4.78 is 26.8. The van der Waals surface area contributed by atoms with Crippen molar-refractivity contribution in [2.45, 2.75) is 19.3 Å². The van der Waals surface area contributed by atoms with Crippen molar-refractivity contribution in [2.75, 3.05) is 13.1 Å². The predicted molar refractivity (Wildman–Crippen MR) is 67.1 cm³/mol. The quantitative estimate of drug-likeness (QED) is 0.899. The van der Waals surface area contributed by atoms with Gasteiger partial charge in [-0.3, -0.25) is 9.59 Å². The number of nitrogens with zero attached hydrogens (tertiary/aromatic N) is 1. The highest BCUT2D eigenvalue weighted by molar-refractivity contribution is 5.86. The van der Waals surface area contributed by atoms with Gasteiger partial charge in [0.05, 0.1) is 0 Å². The van der Waals surface area contributed by atoms with E-state index in [1.807, 2.05) is 0 Å². The molecule has 20 heavy (non-hydrogen) atoms. The Morgan fingerprint density at radius 2 is 2.10 bits per heavy atom. The first kappa shape index (κ1) is 14.4. The van der Waals surface area contributed by atoms with Crippen molar-refractivity contribution in [3.63, 3.8) is 0 Å². The van der Waals surface area contributed by atoms with Gasteiger partial charge < -0.3 is 10.0 Å². The van der Waals surface area contributed by atoms with Gasteiger partial charge in [0.25, 0.3) is 0 Å². The van der Waals surface area contributed by atoms with Gasteiger partial charge in [0.15, 0.2) is 11.6 Å². The molecule has 0 aromatic heterocycles. The zero-order valence-electron chi connectivity index (χ0n) is 11.0. The molecule has 1 aliphatic rings. The molecule has 1 saturated carbocycles. The van der Waals surface area contributed by atoms with Gasteiger partial charge in [-0.15, -0.1) is 0 Å². The van der Waals surface area contributed by atoms with E-state index in [0.717, 1.165) is 6.07 Å². The van der Waals surface area contributed by atoms with Crippen LogP contribution in [0.3, 0.4) is 0 Å². The van der Waals surface area contributed by atoms with Gasteiger partial charge in [0, 0.05) is 12.5 Å². The van der Waals surface area contributed by atoms with E-state index in [-0.39, 0.29) is 30.5 Å². The van der Waals surface area contributed by atoms with Crippen LogP contribution in [-0.2, 0) is 9.59 Å². The van der Waals surface area contributed by atoms with Crippen LogP contribution >= 0.6 is 0 Å². The lowest BCUT2D eigenvalue weighted by atomic mass is 10.1. The standard InChI is InChI=1S/C14H15F2NO3/c1-2-17(7-12(18)19)14(20)10-6-9(10)8-4-3-5-11(15)13(8)16/h3-5,9-10H,2,6-7H2,1H3,(H,18,19). The average molecular weight is 283 g/mol. The fourth-order valence-corrected chi connectivity index (χ4v) is 2.36. The van der Waals surface area contributed by atoms with Gasteiger partial charge in [-0.05, 0) is 30.9 Å². The van der Waals surface area contributed by atoms with Gasteiger partial charge in [0.2, 0.25) is 5.91 Å². The van der Waals surface area contributed by atoms with Crippen molar-refractivity contribution in [3.8, 4) is 0 Å². The molecule has 0 heterocycles. The second kappa shape index (κ2) is 5.56. The molecule has 2 rings (SSSR count). The Morgan fingerprint density at radius 1 is 1.40 bits per heavy atom. The minimum absolute atomic E-state index is 0.190. The van der Waals surface area contributed by atoms with Crippen LogP contribution in [0.25, 0.3) is 0 Å². The number of amides is 1. The van der Waals surface area contributed by atoms with Crippen LogP contribution in [0.1, 0.15) is 24.8 Å². The number of carboxylic acids is 1. The summed E-state index contributed by atoms with van der Waals surface area (Å²) in [6.45, 7) is 1.59. The zero-order chi connectivity index (χ0) is 14.9. The Morgan fingerprint density at radius 3 is 2.70 bits per heavy atom. The zero-order valence-corrected chi connectivity index (χ0v) is 11.0. The van der Waals surface area contributed by atoms with Crippen LogP contribution in [0.5, 0.6) is 0 Å². The molecule has 0 aliphatic heterocycles. The average Bonchev–Trinajstić information content (AvgIpc) is 3.18. The van der Waals surface area contributed by atoms with Crippen molar-refractivity contribution in [1.29, 1.82) is 0 Å². The van der Waals surface area contributed by atoms with Crippen molar-refractivity contribution < 1.29 is 23.5 Å². The molecule has 0 bridgehead atoms. The monoisotopic (exact) mass is 283 g/mol. The molecule has 1 aromatic carbocycles. The maximum Gasteiger partial charge on any atom is 0.323 e. The SMILES string of the molecule is CCN(CC(=O)O)C(=O)C1CC1c1cccc(F)c1F. The lowest BCUT2D eigenvalue weighted by Crippen LogP contribution is -2.36. The largest absolute Gasteiger partial charge is 0.480 e. The molecule has 2 atom stereocenters. The Kier molecular flexibility index (Phi) is 4.01. The van der Waals surface area contributed by atoms with Crippen LogP contribution < -0.4 is 0 Å². The second-order valence-corrected chi connectivity index (χ2v) is 4.84. The number of carbonyl (C=O) groups is 2. The van der Waals surface area contributed by atoms with Gasteiger partial charge in [-0.1, -0.05) is 12.1 Å². The lowest BCUT2D eigenvalue weighted by molar-refractivity contribution is -0.144. The molecule has 6 heteroatoms. The number of benzene rings is 1. The molecule has 108 valence electrons. The minimum atomic E-state index is -1.09. The summed E-state index contributed by atoms with van der Waals surface area (Å²) in [7, 11) is 0. The number of hydrogen-bond donors (Lipinski definition) is 1. The summed E-state index contributed by atoms with van der Waals surface area (Å²) in [5.74, 6) is -4.07. The Hall–Kier alpha value is -1.98. The lowest BCUT2D eigenvalue weighted by Gasteiger charge is -2.18. The summed E-state index contributed by atoms with van der Waals surface area (Å²) >= 11 is 0. The molecular formula is C14H15F2NO3. The van der Waals surface area contributed by atoms with Crippen LogP contribution in [0.2, 0.25) is 0 Å². The third-order valence-corrected chi connectivity index (χ3v) is 3.51. The Labute approximate surface area is 115 Å². The van der Waals surface area contributed by atoms with Crippen LogP contribution in [0.15, 0.2) is 18.2 Å². The highest BCUT2D eigenvalue weighted by Crippen LogP contribution is 2.49. The van der Waals surface area contributed by atoms with Crippen molar-refractivity contribution in [2.24, 2.45) is 5.92 Å². The molecule has 1 N–H and O–H groups in total. The van der Waals surface area contributed by atoms with Crippen LogP contribution in [0.4, 0.5) is 8.78 Å². The predicted octanol–water partition coefficient (Wildman–Crippen LogP) is 2.00. The van der Waals surface area contributed by atoms with Gasteiger partial charge >= 0.3 is 5.97 Å². The number of carbonyl (C=O) groups excluding carboxylic acids is 1. The molecule has 2 unspecified atom stereocenters. The van der Waals surface area contributed by atoms with E-state index < -0.39 is 23.5 Å². The highest BCUT2D eigenvalue weighted by atomic mass is 19.2. The minimum Gasteiger partial charge on any atom is -0.480 e. The number of carboxylic acid groups (broad SMARTS) is 1. The number of aliphatic carboxylic acids is 1. The van der Waals surface area contributed by atoms with Crippen LogP contribution in [-0.4, -0.2) is 35.0 Å². The van der Waals surface area contributed by atoms with E-state index in [2.05, 4.69) is 0 Å². The summed E-state index contributed by atoms with van der Waals surface area (Å²) in [5.41, 5.74) is 0.190. The molecule has 0 saturated heterocycles. The summed E-state index contributed by atoms with van der Waals surface area (Å²) in [6, 6.07) is 3.90. The van der Waals surface area contributed by atoms with E-state index >= 15 is 0 Å². The molecule has 4 nitrogen and oxygen atoms in total. The Bertz CT molecular complexity index is 547. The fourth-order valence-electron chi connectivity index (χ4n) is 2.36. The van der Waals surface area contributed by atoms with Crippen molar-refractivity contribution in [3.05, 3.63) is 35.4 Å². The molecular weight excluding hydrogens is 268 g/mol. The first-order chi connectivity index (χ1) is 9.45. The van der Waals surface area contributed by atoms with E-state index in [4.69, 9.17) is 5.11 Å². The molecule has 0 radical (unpaired) electrons. The number of rotatable bonds is 5. The van der Waals surface area contributed by atoms with E-state index in [0.29, 0.717) is 6.42 Å². The molecule has 1 fully saturated rings. The third kappa shape index (κ3) is 2.79. The first-order valence-corrected chi connectivity index (χ1v) is 6.40. The first-order valence-electron chi connectivity index (χ1n) is 6.40. The number of halogens is 2. The summed E-state index contributed by atoms with van der Waals surface area (Å²) in [6.07, 6.45) is 0.426. The summed E-state index contributed by atoms with van der Waals surface area (Å²) in [4.78, 5) is 24.0. The molecule has 1 amide bonds. The fraction of sp³-hybridized carbons (Fsp3) is 0.429. The van der Waals surface area contributed by atoms with Gasteiger partial charge in [-0.2, -0.15) is 0 Å². The maximum absolute atomic E-state index is 13.6. The smallest absolute Gasteiger partial charge is 0.323 e. The maximum atomic E-state index is 13.6. The van der Waals surface area contributed by atoms with Gasteiger partial charge in [0.1, 0.15) is 6.54 Å². The number of hydrogen-bond acceptors (Lipinski definition) is 2. The van der Waals surface area contributed by atoms with E-state index in [1.54, 1.807) is 6.92 Å². The second-order valence-electron chi connectivity index (χ2n) is 4.84. The highest BCUT2D eigenvalue weighted by Gasteiger charge is 2.47. The third-order valence-electron chi connectivity index (χ3n) is 3.51. The summed E-state index contributed by atoms with van der Waals surface area (Å²) in [5, 5.41) is 8.73.